The monoisotopic (exact) mass is 458 g/mol. The SMILES string of the molecule is C[C@H](Nc1ncc2c(n1)CN(C(=O)N[C@H](CN(C)C)c1ccccc1)[C@H](C)C2)c1ccccc1. The van der Waals surface area contributed by atoms with Crippen LogP contribution in [0.25, 0.3) is 0 Å². The highest BCUT2D eigenvalue weighted by atomic mass is 16.2. The van der Waals surface area contributed by atoms with Gasteiger partial charge in [-0.1, -0.05) is 60.7 Å². The number of hydrogen-bond donors (Lipinski definition) is 2. The van der Waals surface area contributed by atoms with Crippen LogP contribution in [0.2, 0.25) is 0 Å². The van der Waals surface area contributed by atoms with Gasteiger partial charge in [-0.25, -0.2) is 14.8 Å². The Balaban J connectivity index is 1.48. The molecule has 1 aromatic heterocycles. The third kappa shape index (κ3) is 5.72. The van der Waals surface area contributed by atoms with Crippen LogP contribution in [0.1, 0.15) is 48.3 Å². The van der Waals surface area contributed by atoms with E-state index in [1.54, 1.807) is 0 Å². The van der Waals surface area contributed by atoms with Crippen LogP contribution < -0.4 is 10.6 Å². The third-order valence-electron chi connectivity index (χ3n) is 6.28. The summed E-state index contributed by atoms with van der Waals surface area (Å²) in [5.74, 6) is 0.583. The highest BCUT2D eigenvalue weighted by Gasteiger charge is 2.30. The average molecular weight is 459 g/mol. The van der Waals surface area contributed by atoms with Crippen molar-refractivity contribution in [2.75, 3.05) is 26.0 Å². The molecule has 0 bridgehead atoms. The number of urea groups is 1. The fraction of sp³-hybridized carbons (Fsp3) is 0.370. The second-order valence-electron chi connectivity index (χ2n) is 9.30. The van der Waals surface area contributed by atoms with Gasteiger partial charge in [-0.15, -0.1) is 0 Å². The molecule has 2 N–H and O–H groups in total. The van der Waals surface area contributed by atoms with Gasteiger partial charge in [0.05, 0.1) is 24.3 Å². The Morgan fingerprint density at radius 1 is 1.09 bits per heavy atom. The van der Waals surface area contributed by atoms with Crippen molar-refractivity contribution in [3.8, 4) is 0 Å². The zero-order chi connectivity index (χ0) is 24.1. The maximum atomic E-state index is 13.4. The van der Waals surface area contributed by atoms with Gasteiger partial charge in [0.15, 0.2) is 0 Å². The van der Waals surface area contributed by atoms with Gasteiger partial charge in [0.25, 0.3) is 0 Å². The van der Waals surface area contributed by atoms with Crippen LogP contribution in [0.3, 0.4) is 0 Å². The molecule has 2 heterocycles. The van der Waals surface area contributed by atoms with Gasteiger partial charge in [-0.05, 0) is 51.1 Å². The molecule has 1 aliphatic heterocycles. The molecule has 3 aromatic rings. The Bertz CT molecular complexity index is 1090. The minimum absolute atomic E-state index is 0.0638. The van der Waals surface area contributed by atoms with Crippen LogP contribution >= 0.6 is 0 Å². The van der Waals surface area contributed by atoms with Gasteiger partial charge in [0, 0.05) is 18.8 Å². The molecule has 0 spiro atoms. The Morgan fingerprint density at radius 2 is 1.74 bits per heavy atom. The number of aromatic nitrogens is 2. The lowest BCUT2D eigenvalue weighted by atomic mass is 10.0. The van der Waals surface area contributed by atoms with Crippen molar-refractivity contribution >= 4 is 12.0 Å². The molecule has 0 saturated carbocycles. The van der Waals surface area contributed by atoms with E-state index in [2.05, 4.69) is 58.6 Å². The Kier molecular flexibility index (Phi) is 7.43. The van der Waals surface area contributed by atoms with Crippen LogP contribution in [-0.2, 0) is 13.0 Å². The molecule has 0 saturated heterocycles. The quantitative estimate of drug-likeness (QED) is 0.549. The van der Waals surface area contributed by atoms with E-state index in [0.717, 1.165) is 29.8 Å². The predicted molar refractivity (Wildman–Crippen MR) is 135 cm³/mol. The van der Waals surface area contributed by atoms with Crippen molar-refractivity contribution in [3.05, 3.63) is 89.2 Å². The summed E-state index contributed by atoms with van der Waals surface area (Å²) < 4.78 is 0. The molecule has 2 aromatic carbocycles. The topological polar surface area (TPSA) is 73.4 Å². The van der Waals surface area contributed by atoms with Crippen LogP contribution in [0.15, 0.2) is 66.9 Å². The van der Waals surface area contributed by atoms with Gasteiger partial charge in [0.1, 0.15) is 0 Å². The molecule has 0 fully saturated rings. The van der Waals surface area contributed by atoms with Crippen molar-refractivity contribution in [2.24, 2.45) is 0 Å². The van der Waals surface area contributed by atoms with Gasteiger partial charge in [-0.2, -0.15) is 0 Å². The predicted octanol–water partition coefficient (Wildman–Crippen LogP) is 4.41. The molecule has 7 heteroatoms. The molecule has 4 rings (SSSR count). The minimum atomic E-state index is -0.0911. The summed E-state index contributed by atoms with van der Waals surface area (Å²) in [5, 5.41) is 6.64. The van der Waals surface area contributed by atoms with Crippen LogP contribution in [0, 0.1) is 0 Å². The maximum Gasteiger partial charge on any atom is 0.318 e. The number of amides is 2. The summed E-state index contributed by atoms with van der Waals surface area (Å²) in [6, 6.07) is 20.3. The number of nitrogens with one attached hydrogen (secondary N) is 2. The van der Waals surface area contributed by atoms with Crippen molar-refractivity contribution in [3.63, 3.8) is 0 Å². The number of carbonyl (C=O) groups excluding carboxylic acids is 1. The molecule has 2 amide bonds. The highest BCUT2D eigenvalue weighted by Crippen LogP contribution is 2.25. The number of likely N-dealkylation sites (N-methyl/N-ethyl adjacent to an activating group) is 1. The van der Waals surface area contributed by atoms with Gasteiger partial charge in [-0.3, -0.25) is 0 Å². The zero-order valence-corrected chi connectivity index (χ0v) is 20.4. The summed E-state index contributed by atoms with van der Waals surface area (Å²) in [5.41, 5.74) is 4.27. The van der Waals surface area contributed by atoms with E-state index >= 15 is 0 Å². The fourth-order valence-corrected chi connectivity index (χ4v) is 4.37. The van der Waals surface area contributed by atoms with Gasteiger partial charge >= 0.3 is 6.03 Å². The number of anilines is 1. The van der Waals surface area contributed by atoms with Crippen molar-refractivity contribution in [1.29, 1.82) is 0 Å². The first-order chi connectivity index (χ1) is 16.4. The second-order valence-corrected chi connectivity index (χ2v) is 9.30. The molecular weight excluding hydrogens is 424 g/mol. The summed E-state index contributed by atoms with van der Waals surface area (Å²) in [6.45, 7) is 5.36. The van der Waals surface area contributed by atoms with E-state index in [-0.39, 0.29) is 24.2 Å². The number of benzene rings is 2. The van der Waals surface area contributed by atoms with E-state index in [4.69, 9.17) is 4.98 Å². The largest absolute Gasteiger partial charge is 0.348 e. The molecule has 3 atom stereocenters. The average Bonchev–Trinajstić information content (AvgIpc) is 2.84. The summed E-state index contributed by atoms with van der Waals surface area (Å²) in [6.07, 6.45) is 2.63. The third-order valence-corrected chi connectivity index (χ3v) is 6.28. The lowest BCUT2D eigenvalue weighted by Crippen LogP contribution is -2.50. The molecular formula is C27H34N6O. The first-order valence-electron chi connectivity index (χ1n) is 11.8. The zero-order valence-electron chi connectivity index (χ0n) is 20.4. The minimum Gasteiger partial charge on any atom is -0.348 e. The first kappa shape index (κ1) is 23.7. The smallest absolute Gasteiger partial charge is 0.318 e. The fourth-order valence-electron chi connectivity index (χ4n) is 4.37. The number of rotatable bonds is 7. The maximum absolute atomic E-state index is 13.4. The molecule has 1 aliphatic rings. The molecule has 0 aliphatic carbocycles. The van der Waals surface area contributed by atoms with Crippen LogP contribution in [0.5, 0.6) is 0 Å². The number of fused-ring (bicyclic) bond motifs is 1. The number of carbonyl (C=O) groups is 1. The Hall–Kier alpha value is -3.45. The first-order valence-corrected chi connectivity index (χ1v) is 11.8. The molecule has 34 heavy (non-hydrogen) atoms. The molecule has 0 unspecified atom stereocenters. The van der Waals surface area contributed by atoms with E-state index in [0.29, 0.717) is 12.5 Å². The lowest BCUT2D eigenvalue weighted by molar-refractivity contribution is 0.161. The second kappa shape index (κ2) is 10.7. The van der Waals surface area contributed by atoms with E-state index in [9.17, 15) is 4.79 Å². The number of nitrogens with zero attached hydrogens (tertiary/aromatic N) is 4. The summed E-state index contributed by atoms with van der Waals surface area (Å²) >= 11 is 0. The van der Waals surface area contributed by atoms with Crippen LogP contribution in [0.4, 0.5) is 10.7 Å². The summed E-state index contributed by atoms with van der Waals surface area (Å²) in [7, 11) is 4.04. The Morgan fingerprint density at radius 3 is 2.38 bits per heavy atom. The lowest BCUT2D eigenvalue weighted by Gasteiger charge is -2.36. The van der Waals surface area contributed by atoms with E-state index < -0.39 is 0 Å². The van der Waals surface area contributed by atoms with E-state index in [1.165, 1.54) is 5.56 Å². The van der Waals surface area contributed by atoms with Crippen molar-refractivity contribution in [1.82, 2.24) is 25.1 Å². The van der Waals surface area contributed by atoms with Crippen molar-refractivity contribution < 1.29 is 4.79 Å². The molecule has 7 nitrogen and oxygen atoms in total. The standard InChI is InChI=1S/C27H34N6O/c1-19-15-23-16-28-26(29-20(2)21-11-7-5-8-12-21)30-25(23)18-33(19)27(34)31-24(17-32(3)4)22-13-9-6-10-14-22/h5-14,16,19-20,24H,15,17-18H2,1-4H3,(H,31,34)(H,28,29,30)/t19-,20+,24-/m1/s1. The summed E-state index contributed by atoms with van der Waals surface area (Å²) in [4.78, 5) is 26.7. The number of hydrogen-bond acceptors (Lipinski definition) is 5. The van der Waals surface area contributed by atoms with E-state index in [1.807, 2.05) is 61.6 Å². The molecule has 178 valence electrons. The Labute approximate surface area is 202 Å². The highest BCUT2D eigenvalue weighted by molar-refractivity contribution is 5.75. The molecule has 0 radical (unpaired) electrons. The van der Waals surface area contributed by atoms with Crippen LogP contribution in [-0.4, -0.2) is 52.5 Å². The van der Waals surface area contributed by atoms with Gasteiger partial charge < -0.3 is 20.4 Å². The van der Waals surface area contributed by atoms with Crippen molar-refractivity contribution in [2.45, 2.75) is 44.9 Å². The normalized spacial score (nSPS) is 17.1. The van der Waals surface area contributed by atoms with Gasteiger partial charge in [0.2, 0.25) is 5.95 Å².